The van der Waals surface area contributed by atoms with Gasteiger partial charge in [-0.15, -0.1) is 0 Å². The van der Waals surface area contributed by atoms with Crippen molar-refractivity contribution in [3.05, 3.63) is 0 Å². The minimum absolute atomic E-state index is 0.124. The monoisotopic (exact) mass is 1040 g/mol. The van der Waals surface area contributed by atoms with E-state index in [-0.39, 0.29) is 17.9 Å². The summed E-state index contributed by atoms with van der Waals surface area (Å²) in [6, 6.07) is 0. The number of hydrogen-bond donors (Lipinski definition) is 1. The average molecular weight is 1040 g/mol. The van der Waals surface area contributed by atoms with E-state index < -0.39 is 0 Å². The molecule has 0 fully saturated rings. The van der Waals surface area contributed by atoms with Crippen LogP contribution in [0.25, 0.3) is 0 Å². The van der Waals surface area contributed by atoms with Gasteiger partial charge >= 0.3 is 17.9 Å². The van der Waals surface area contributed by atoms with Crippen LogP contribution in [0.4, 0.5) is 0 Å². The van der Waals surface area contributed by atoms with E-state index in [1.807, 2.05) is 0 Å². The average Bonchev–Trinajstić information content (AvgIpc) is 3.39. The third-order valence-corrected chi connectivity index (χ3v) is 13.7. The highest BCUT2D eigenvalue weighted by Gasteiger charge is 2.13. The highest BCUT2D eigenvalue weighted by atomic mass is 16.5. The molecule has 0 unspecified atom stereocenters. The van der Waals surface area contributed by atoms with Gasteiger partial charge in [0.1, 0.15) is 0 Å². The molecule has 434 valence electrons. The molecule has 0 aliphatic heterocycles. The molecule has 0 saturated carbocycles. The lowest BCUT2D eigenvalue weighted by atomic mass is 10.1. The molecule has 0 radical (unpaired) electrons. The van der Waals surface area contributed by atoms with Crippen LogP contribution in [0.3, 0.4) is 0 Å². The van der Waals surface area contributed by atoms with Crippen LogP contribution in [0, 0.1) is 0 Å². The number of nitrogens with one attached hydrogen (secondary N) is 1. The van der Waals surface area contributed by atoms with Crippen molar-refractivity contribution in [3.63, 3.8) is 0 Å². The van der Waals surface area contributed by atoms with E-state index in [1.165, 1.54) is 122 Å². The molecule has 0 aromatic rings. The van der Waals surface area contributed by atoms with Gasteiger partial charge in [-0.1, -0.05) is 175 Å². The first-order valence-corrected chi connectivity index (χ1v) is 31.2. The zero-order chi connectivity index (χ0) is 53.0. The Balaban J connectivity index is 4.28. The van der Waals surface area contributed by atoms with E-state index in [0.29, 0.717) is 58.7 Å². The molecular formula is C61H121N3O9. The molecule has 0 aliphatic carbocycles. The van der Waals surface area contributed by atoms with Gasteiger partial charge < -0.3 is 43.5 Å². The Labute approximate surface area is 451 Å². The molecule has 1 N–H and O–H groups in total. The Bertz CT molecular complexity index is 1080. The molecule has 0 amide bonds. The second kappa shape index (κ2) is 61.0. The summed E-state index contributed by atoms with van der Waals surface area (Å²) in [6.07, 6.45) is 42.4. The highest BCUT2D eigenvalue weighted by molar-refractivity contribution is 5.70. The molecule has 0 rings (SSSR count). The molecule has 73 heavy (non-hydrogen) atoms. The fraction of sp³-hybridized carbons (Fsp3) is 0.951. The molecule has 0 bridgehead atoms. The maximum Gasteiger partial charge on any atom is 0.307 e. The predicted octanol–water partition coefficient (Wildman–Crippen LogP) is 14.4. The maximum atomic E-state index is 12.7. The van der Waals surface area contributed by atoms with E-state index in [0.717, 1.165) is 169 Å². The Morgan fingerprint density at radius 2 is 0.589 bits per heavy atom. The van der Waals surface area contributed by atoms with Crippen LogP contribution in [-0.4, -0.2) is 140 Å². The standard InChI is InChI=1S/C61H121N3O9/c1-5-8-11-14-20-29-50-68-53-32-23-17-26-35-56-71-59(65)40-44-62-43-38-45-63(4)46-39-47-64(48-41-60(66)72-57-36-27-18-24-33-54-69-51-30-21-15-12-9-6-2)49-42-61(67)73-58-37-28-19-25-34-55-70-52-31-22-16-13-10-7-3/h62H,5-58H2,1-4H3. The topological polar surface area (TPSA) is 125 Å². The number of unbranched alkanes of at least 4 members (excludes halogenated alkanes) is 27. The van der Waals surface area contributed by atoms with Gasteiger partial charge in [-0.2, -0.15) is 0 Å². The quantitative estimate of drug-likeness (QED) is 0.0354. The molecule has 0 aliphatic rings. The Kier molecular flexibility index (Phi) is 59.5. The largest absolute Gasteiger partial charge is 0.466 e. The number of rotatable bonds is 62. The molecule has 0 heterocycles. The lowest BCUT2D eigenvalue weighted by Crippen LogP contribution is -2.33. The van der Waals surface area contributed by atoms with E-state index in [2.05, 4.69) is 42.9 Å². The van der Waals surface area contributed by atoms with Gasteiger partial charge in [0.05, 0.1) is 39.1 Å². The fourth-order valence-corrected chi connectivity index (χ4v) is 8.84. The van der Waals surface area contributed by atoms with Crippen LogP contribution in [0.2, 0.25) is 0 Å². The van der Waals surface area contributed by atoms with Gasteiger partial charge in [0.25, 0.3) is 0 Å². The summed E-state index contributed by atoms with van der Waals surface area (Å²) in [4.78, 5) is 42.2. The summed E-state index contributed by atoms with van der Waals surface area (Å²) in [7, 11) is 2.14. The molecule has 0 saturated heterocycles. The molecule has 0 aromatic heterocycles. The van der Waals surface area contributed by atoms with Gasteiger partial charge in [0.15, 0.2) is 0 Å². The lowest BCUT2D eigenvalue weighted by molar-refractivity contribution is -0.145. The van der Waals surface area contributed by atoms with Crippen LogP contribution in [0.5, 0.6) is 0 Å². The Hall–Kier alpha value is -1.83. The summed E-state index contributed by atoms with van der Waals surface area (Å²) < 4.78 is 34.1. The van der Waals surface area contributed by atoms with Crippen LogP contribution in [-0.2, 0) is 42.8 Å². The minimum Gasteiger partial charge on any atom is -0.466 e. The summed E-state index contributed by atoms with van der Waals surface area (Å²) in [6.45, 7) is 18.7. The van der Waals surface area contributed by atoms with Crippen LogP contribution in [0.15, 0.2) is 0 Å². The fourth-order valence-electron chi connectivity index (χ4n) is 8.84. The predicted molar refractivity (Wildman–Crippen MR) is 305 cm³/mol. The minimum atomic E-state index is -0.167. The summed E-state index contributed by atoms with van der Waals surface area (Å²) in [5.41, 5.74) is 0. The number of ether oxygens (including phenoxy) is 6. The van der Waals surface area contributed by atoms with Crippen molar-refractivity contribution in [2.45, 2.75) is 265 Å². The van der Waals surface area contributed by atoms with Crippen molar-refractivity contribution in [1.29, 1.82) is 0 Å². The van der Waals surface area contributed by atoms with E-state index in [9.17, 15) is 14.4 Å². The smallest absolute Gasteiger partial charge is 0.307 e. The number of esters is 3. The first kappa shape index (κ1) is 71.2. The second-order valence-electron chi connectivity index (χ2n) is 21.0. The van der Waals surface area contributed by atoms with Gasteiger partial charge in [0, 0.05) is 59.3 Å². The molecular weight excluding hydrogens is 919 g/mol. The van der Waals surface area contributed by atoms with Gasteiger partial charge in [-0.25, -0.2) is 0 Å². The first-order chi connectivity index (χ1) is 35.9. The van der Waals surface area contributed by atoms with E-state index in [4.69, 9.17) is 28.4 Å². The van der Waals surface area contributed by atoms with Crippen LogP contribution in [0.1, 0.15) is 265 Å². The highest BCUT2D eigenvalue weighted by Crippen LogP contribution is 2.11. The third-order valence-electron chi connectivity index (χ3n) is 13.7. The van der Waals surface area contributed by atoms with E-state index >= 15 is 0 Å². The van der Waals surface area contributed by atoms with Crippen molar-refractivity contribution in [3.8, 4) is 0 Å². The molecule has 12 nitrogen and oxygen atoms in total. The zero-order valence-electron chi connectivity index (χ0n) is 48.8. The SMILES string of the molecule is CCCCCCCCOCCCCCCCOC(=O)CCNCCCN(C)CCCN(CCC(=O)OCCCCCCCOCCCCCCCC)CCC(=O)OCCCCCCCOCCCCCCCC. The second-order valence-corrected chi connectivity index (χ2v) is 21.0. The summed E-state index contributed by atoms with van der Waals surface area (Å²) >= 11 is 0. The number of nitrogens with zero attached hydrogens (tertiary/aromatic N) is 2. The van der Waals surface area contributed by atoms with Crippen molar-refractivity contribution in [2.75, 3.05) is 112 Å². The zero-order valence-corrected chi connectivity index (χ0v) is 48.8. The number of hydrogen-bond acceptors (Lipinski definition) is 12. The molecule has 0 aromatic carbocycles. The summed E-state index contributed by atoms with van der Waals surface area (Å²) in [5, 5.41) is 3.40. The third kappa shape index (κ3) is 59.3. The lowest BCUT2D eigenvalue weighted by Gasteiger charge is -2.23. The molecule has 12 heteroatoms. The normalized spacial score (nSPS) is 11.6. The van der Waals surface area contributed by atoms with Gasteiger partial charge in [-0.3, -0.25) is 14.4 Å². The maximum absolute atomic E-state index is 12.7. The van der Waals surface area contributed by atoms with Gasteiger partial charge in [-0.05, 0) is 104 Å². The Morgan fingerprint density at radius 1 is 0.301 bits per heavy atom. The van der Waals surface area contributed by atoms with Crippen molar-refractivity contribution in [2.24, 2.45) is 0 Å². The van der Waals surface area contributed by atoms with Gasteiger partial charge in [0.2, 0.25) is 0 Å². The van der Waals surface area contributed by atoms with Crippen molar-refractivity contribution < 1.29 is 42.8 Å². The Morgan fingerprint density at radius 3 is 0.932 bits per heavy atom. The van der Waals surface area contributed by atoms with Crippen LogP contribution < -0.4 is 5.32 Å². The molecule has 0 atom stereocenters. The summed E-state index contributed by atoms with van der Waals surface area (Å²) in [5.74, 6) is -0.459. The number of carbonyl (C=O) groups is 3. The first-order valence-electron chi connectivity index (χ1n) is 31.2. The van der Waals surface area contributed by atoms with Crippen molar-refractivity contribution in [1.82, 2.24) is 15.1 Å². The number of carbonyl (C=O) groups excluding carboxylic acids is 3. The van der Waals surface area contributed by atoms with E-state index in [1.54, 1.807) is 0 Å². The molecule has 0 spiro atoms. The van der Waals surface area contributed by atoms with Crippen molar-refractivity contribution >= 4 is 17.9 Å². The van der Waals surface area contributed by atoms with Crippen LogP contribution >= 0.6 is 0 Å².